The lowest BCUT2D eigenvalue weighted by molar-refractivity contribution is 0.0688. The van der Waals surface area contributed by atoms with Crippen LogP contribution in [0, 0.1) is 6.92 Å². The van der Waals surface area contributed by atoms with E-state index in [0.717, 1.165) is 18.5 Å². The zero-order valence-electron chi connectivity index (χ0n) is 9.31. The Morgan fingerprint density at radius 2 is 2.12 bits per heavy atom. The van der Waals surface area contributed by atoms with E-state index in [1.54, 1.807) is 0 Å². The summed E-state index contributed by atoms with van der Waals surface area (Å²) < 4.78 is 26.2. The van der Waals surface area contributed by atoms with Crippen molar-refractivity contribution in [2.75, 3.05) is 19.6 Å². The maximum Gasteiger partial charge on any atom is 0.251 e. The lowest BCUT2D eigenvalue weighted by atomic mass is 10.1. The molecule has 0 aromatic carbocycles. The minimum Gasteiger partial charge on any atom is -0.298 e. The number of aryl methyl sites for hydroxylation is 1. The highest BCUT2D eigenvalue weighted by Crippen LogP contribution is 2.21. The standard InChI is InChI=1S/C10H16F2N4/c1-8-6-16(14-13-8)9-2-4-15(5-3-9)7-10(11)12/h6,9-10H,2-5,7H2,1H3. The van der Waals surface area contributed by atoms with Crippen molar-refractivity contribution in [1.29, 1.82) is 0 Å². The van der Waals surface area contributed by atoms with Crippen LogP contribution in [0.1, 0.15) is 24.6 Å². The van der Waals surface area contributed by atoms with E-state index in [9.17, 15) is 8.78 Å². The fourth-order valence-corrected chi connectivity index (χ4v) is 2.11. The SMILES string of the molecule is Cc1cn(C2CCN(CC(F)F)CC2)nn1. The Hall–Kier alpha value is -1.04. The van der Waals surface area contributed by atoms with Crippen LogP contribution in [0.25, 0.3) is 0 Å². The van der Waals surface area contributed by atoms with Gasteiger partial charge in [-0.3, -0.25) is 4.90 Å². The molecule has 0 bridgehead atoms. The van der Waals surface area contributed by atoms with Gasteiger partial charge in [-0.1, -0.05) is 5.21 Å². The first-order valence-corrected chi connectivity index (χ1v) is 5.54. The van der Waals surface area contributed by atoms with Gasteiger partial charge < -0.3 is 0 Å². The fraction of sp³-hybridized carbons (Fsp3) is 0.800. The van der Waals surface area contributed by atoms with E-state index >= 15 is 0 Å². The highest BCUT2D eigenvalue weighted by molar-refractivity contribution is 4.89. The van der Waals surface area contributed by atoms with E-state index in [1.807, 2.05) is 22.7 Å². The Balaban J connectivity index is 1.85. The van der Waals surface area contributed by atoms with Crippen molar-refractivity contribution in [3.05, 3.63) is 11.9 Å². The van der Waals surface area contributed by atoms with Crippen molar-refractivity contribution in [1.82, 2.24) is 19.9 Å². The minimum atomic E-state index is -2.23. The minimum absolute atomic E-state index is 0.108. The van der Waals surface area contributed by atoms with E-state index in [-0.39, 0.29) is 6.54 Å². The van der Waals surface area contributed by atoms with Gasteiger partial charge in [-0.2, -0.15) is 0 Å². The molecule has 6 heteroatoms. The van der Waals surface area contributed by atoms with Gasteiger partial charge in [0.2, 0.25) is 0 Å². The number of aromatic nitrogens is 3. The van der Waals surface area contributed by atoms with Crippen molar-refractivity contribution < 1.29 is 8.78 Å². The highest BCUT2D eigenvalue weighted by atomic mass is 19.3. The maximum absolute atomic E-state index is 12.2. The number of alkyl halides is 2. The fourth-order valence-electron chi connectivity index (χ4n) is 2.11. The van der Waals surface area contributed by atoms with Crippen molar-refractivity contribution in [2.24, 2.45) is 0 Å². The Kier molecular flexibility index (Phi) is 3.48. The number of likely N-dealkylation sites (tertiary alicyclic amines) is 1. The van der Waals surface area contributed by atoms with Crippen LogP contribution in [-0.4, -0.2) is 46.0 Å². The van der Waals surface area contributed by atoms with Gasteiger partial charge in [-0.05, 0) is 19.8 Å². The second-order valence-corrected chi connectivity index (χ2v) is 4.26. The van der Waals surface area contributed by atoms with Gasteiger partial charge in [0.05, 0.1) is 18.3 Å². The maximum atomic E-state index is 12.2. The van der Waals surface area contributed by atoms with Crippen LogP contribution in [0.3, 0.4) is 0 Å². The number of rotatable bonds is 3. The highest BCUT2D eigenvalue weighted by Gasteiger charge is 2.22. The molecular weight excluding hydrogens is 214 g/mol. The van der Waals surface area contributed by atoms with Crippen molar-refractivity contribution >= 4 is 0 Å². The lowest BCUT2D eigenvalue weighted by Gasteiger charge is -2.31. The van der Waals surface area contributed by atoms with Crippen molar-refractivity contribution in [3.63, 3.8) is 0 Å². The van der Waals surface area contributed by atoms with Crippen LogP contribution < -0.4 is 0 Å². The average Bonchev–Trinajstić information content (AvgIpc) is 2.65. The summed E-state index contributed by atoms with van der Waals surface area (Å²) in [5.41, 5.74) is 0.898. The van der Waals surface area contributed by atoms with Crippen LogP contribution in [-0.2, 0) is 0 Å². The molecule has 0 N–H and O–H groups in total. The first kappa shape index (κ1) is 11.4. The summed E-state index contributed by atoms with van der Waals surface area (Å²) in [5.74, 6) is 0. The van der Waals surface area contributed by atoms with Gasteiger partial charge in [-0.15, -0.1) is 5.10 Å². The normalized spacial score (nSPS) is 19.5. The van der Waals surface area contributed by atoms with Crippen molar-refractivity contribution in [3.8, 4) is 0 Å². The quantitative estimate of drug-likeness (QED) is 0.789. The molecule has 1 aliphatic rings. The summed E-state index contributed by atoms with van der Waals surface area (Å²) in [6.07, 6.45) is 1.42. The third-order valence-electron chi connectivity index (χ3n) is 2.95. The molecular formula is C10H16F2N4. The van der Waals surface area contributed by atoms with Gasteiger partial charge in [0, 0.05) is 19.3 Å². The molecule has 0 radical (unpaired) electrons. The Labute approximate surface area is 93.2 Å². The third kappa shape index (κ3) is 2.75. The molecule has 1 aliphatic heterocycles. The monoisotopic (exact) mass is 230 g/mol. The van der Waals surface area contributed by atoms with E-state index in [4.69, 9.17) is 0 Å². The lowest BCUT2D eigenvalue weighted by Crippen LogP contribution is -2.37. The zero-order chi connectivity index (χ0) is 11.5. The molecule has 1 aromatic rings. The van der Waals surface area contributed by atoms with Crippen LogP contribution in [0.5, 0.6) is 0 Å². The second-order valence-electron chi connectivity index (χ2n) is 4.26. The summed E-state index contributed by atoms with van der Waals surface area (Å²) in [6.45, 7) is 3.22. The Bertz CT molecular complexity index is 331. The smallest absolute Gasteiger partial charge is 0.251 e. The predicted octanol–water partition coefficient (Wildman–Crippen LogP) is 1.49. The molecule has 16 heavy (non-hydrogen) atoms. The third-order valence-corrected chi connectivity index (χ3v) is 2.95. The second kappa shape index (κ2) is 4.86. The summed E-state index contributed by atoms with van der Waals surface area (Å²) in [5, 5.41) is 7.96. The average molecular weight is 230 g/mol. The van der Waals surface area contributed by atoms with E-state index in [2.05, 4.69) is 10.3 Å². The molecule has 0 spiro atoms. The molecule has 2 rings (SSSR count). The number of halogens is 2. The molecule has 1 fully saturated rings. The van der Waals surface area contributed by atoms with Gasteiger partial charge in [-0.25, -0.2) is 13.5 Å². The first-order valence-electron chi connectivity index (χ1n) is 5.54. The Morgan fingerprint density at radius 3 is 2.62 bits per heavy atom. The number of piperidine rings is 1. The van der Waals surface area contributed by atoms with E-state index in [0.29, 0.717) is 19.1 Å². The van der Waals surface area contributed by atoms with Gasteiger partial charge >= 0.3 is 0 Å². The van der Waals surface area contributed by atoms with E-state index < -0.39 is 6.43 Å². The topological polar surface area (TPSA) is 34.0 Å². The van der Waals surface area contributed by atoms with Gasteiger partial charge in [0.1, 0.15) is 0 Å². The summed E-state index contributed by atoms with van der Waals surface area (Å²) in [6, 6.07) is 0.315. The van der Waals surface area contributed by atoms with Gasteiger partial charge in [0.25, 0.3) is 6.43 Å². The van der Waals surface area contributed by atoms with Crippen LogP contribution in [0.2, 0.25) is 0 Å². The predicted molar refractivity (Wildman–Crippen MR) is 55.5 cm³/mol. The molecule has 0 unspecified atom stereocenters. The largest absolute Gasteiger partial charge is 0.298 e. The molecule has 0 amide bonds. The first-order chi connectivity index (χ1) is 7.65. The molecule has 0 saturated carbocycles. The molecule has 0 aliphatic carbocycles. The summed E-state index contributed by atoms with van der Waals surface area (Å²) >= 11 is 0. The molecule has 1 aromatic heterocycles. The molecule has 4 nitrogen and oxygen atoms in total. The molecule has 2 heterocycles. The van der Waals surface area contributed by atoms with Crippen LogP contribution in [0.4, 0.5) is 8.78 Å². The number of hydrogen-bond donors (Lipinski definition) is 0. The van der Waals surface area contributed by atoms with E-state index in [1.165, 1.54) is 0 Å². The molecule has 90 valence electrons. The van der Waals surface area contributed by atoms with Gasteiger partial charge in [0.15, 0.2) is 0 Å². The number of nitrogens with zero attached hydrogens (tertiary/aromatic N) is 4. The molecule has 0 atom stereocenters. The number of hydrogen-bond acceptors (Lipinski definition) is 3. The van der Waals surface area contributed by atoms with Crippen LogP contribution >= 0.6 is 0 Å². The molecule has 1 saturated heterocycles. The van der Waals surface area contributed by atoms with Crippen LogP contribution in [0.15, 0.2) is 6.20 Å². The summed E-state index contributed by atoms with van der Waals surface area (Å²) in [7, 11) is 0. The zero-order valence-corrected chi connectivity index (χ0v) is 9.31. The Morgan fingerprint density at radius 1 is 1.44 bits per heavy atom. The van der Waals surface area contributed by atoms with Crippen molar-refractivity contribution in [2.45, 2.75) is 32.2 Å². The summed E-state index contributed by atoms with van der Waals surface area (Å²) in [4.78, 5) is 1.81.